The monoisotopic (exact) mass is 572 g/mol. The van der Waals surface area contributed by atoms with Crippen molar-refractivity contribution in [1.29, 1.82) is 0 Å². The average Bonchev–Trinajstić information content (AvgIpc) is 2.94. The van der Waals surface area contributed by atoms with E-state index in [1.54, 1.807) is 0 Å². The molecule has 0 aliphatic heterocycles. The Labute approximate surface area is 231 Å². The molecule has 40 heavy (non-hydrogen) atoms. The Bertz CT molecular complexity index is 918. The van der Waals surface area contributed by atoms with Gasteiger partial charge in [0.2, 0.25) is 12.1 Å². The highest BCUT2D eigenvalue weighted by atomic mass is 17.2. The van der Waals surface area contributed by atoms with Crippen molar-refractivity contribution in [3.63, 3.8) is 0 Å². The van der Waals surface area contributed by atoms with Crippen LogP contribution < -0.4 is 0 Å². The molecular formula is C26H40N2O12. The lowest BCUT2D eigenvalue weighted by molar-refractivity contribution is -0.541. The zero-order valence-electron chi connectivity index (χ0n) is 22.5. The van der Waals surface area contributed by atoms with Gasteiger partial charge in [-0.05, 0) is 63.2 Å². The molecule has 0 bridgehead atoms. The molecule has 10 atom stereocenters. The summed E-state index contributed by atoms with van der Waals surface area (Å²) in [6.45, 7) is -0.00642. The molecule has 0 amide bonds. The molecule has 10 unspecified atom stereocenters. The van der Waals surface area contributed by atoms with Crippen molar-refractivity contribution in [2.45, 2.75) is 101 Å². The minimum atomic E-state index is -1.40. The first kappa shape index (κ1) is 30.5. The normalized spacial score (nSPS) is 38.1. The van der Waals surface area contributed by atoms with Crippen molar-refractivity contribution in [3.8, 4) is 0 Å². The fourth-order valence-corrected chi connectivity index (χ4v) is 7.73. The molecule has 0 saturated heterocycles. The Morgan fingerprint density at radius 1 is 0.775 bits per heavy atom. The number of rotatable bonds is 11. The molecular weight excluding hydrogens is 532 g/mol. The number of nitro groups is 2. The Hall–Kier alpha value is -2.42. The fourth-order valence-electron chi connectivity index (χ4n) is 7.73. The zero-order chi connectivity index (χ0) is 28.8. The SMILES string of the molecule is O=C(OC1CCC(OOCC2CCCC([N+](=O)[O-])C2COO)C2CCCCC12)C1CCCC([N+](=O)[O-])C1C(=O)O. The van der Waals surface area contributed by atoms with Gasteiger partial charge in [0.25, 0.3) is 0 Å². The average molecular weight is 573 g/mol. The third-order valence-electron chi connectivity index (χ3n) is 9.74. The first-order chi connectivity index (χ1) is 19.2. The van der Waals surface area contributed by atoms with Crippen molar-refractivity contribution in [1.82, 2.24) is 0 Å². The van der Waals surface area contributed by atoms with Crippen molar-refractivity contribution in [2.75, 3.05) is 13.2 Å². The lowest BCUT2D eigenvalue weighted by Crippen LogP contribution is -2.49. The molecule has 0 aromatic rings. The maximum atomic E-state index is 13.2. The lowest BCUT2D eigenvalue weighted by Gasteiger charge is -2.45. The number of esters is 1. The van der Waals surface area contributed by atoms with E-state index in [1.165, 1.54) is 0 Å². The van der Waals surface area contributed by atoms with Gasteiger partial charge >= 0.3 is 11.9 Å². The quantitative estimate of drug-likeness (QED) is 0.158. The maximum Gasteiger partial charge on any atom is 0.314 e. The minimum Gasteiger partial charge on any atom is -0.481 e. The van der Waals surface area contributed by atoms with Crippen LogP contribution in [0, 0.1) is 55.7 Å². The van der Waals surface area contributed by atoms with Crippen LogP contribution >= 0.6 is 0 Å². The first-order valence-corrected chi connectivity index (χ1v) is 14.5. The number of ether oxygens (including phenoxy) is 1. The molecule has 4 fully saturated rings. The van der Waals surface area contributed by atoms with Crippen molar-refractivity contribution in [2.24, 2.45) is 35.5 Å². The van der Waals surface area contributed by atoms with Crippen LogP contribution in [0.3, 0.4) is 0 Å². The zero-order valence-corrected chi connectivity index (χ0v) is 22.5. The molecule has 0 heterocycles. The summed E-state index contributed by atoms with van der Waals surface area (Å²) in [5, 5.41) is 41.6. The second kappa shape index (κ2) is 14.0. The molecule has 4 rings (SSSR count). The van der Waals surface area contributed by atoms with Crippen LogP contribution in [0.4, 0.5) is 0 Å². The van der Waals surface area contributed by atoms with Gasteiger partial charge in [0.05, 0.1) is 31.2 Å². The van der Waals surface area contributed by atoms with E-state index < -0.39 is 52.8 Å². The van der Waals surface area contributed by atoms with E-state index in [-0.39, 0.29) is 54.8 Å². The van der Waals surface area contributed by atoms with Crippen molar-refractivity contribution >= 4 is 11.9 Å². The van der Waals surface area contributed by atoms with E-state index in [9.17, 15) is 34.9 Å². The molecule has 226 valence electrons. The molecule has 4 aliphatic rings. The first-order valence-electron chi connectivity index (χ1n) is 14.5. The Balaban J connectivity index is 1.35. The van der Waals surface area contributed by atoms with Crippen LogP contribution in [-0.2, 0) is 29.0 Å². The largest absolute Gasteiger partial charge is 0.481 e. The number of carboxylic acid groups (broad SMARTS) is 1. The Morgan fingerprint density at radius 3 is 2.05 bits per heavy atom. The fraction of sp³-hybridized carbons (Fsp3) is 0.923. The Morgan fingerprint density at radius 2 is 1.40 bits per heavy atom. The second-order valence-electron chi connectivity index (χ2n) is 11.8. The molecule has 14 heteroatoms. The number of carbonyl (C=O) groups is 2. The highest BCUT2D eigenvalue weighted by molar-refractivity contribution is 5.82. The van der Waals surface area contributed by atoms with Crippen LogP contribution in [0.5, 0.6) is 0 Å². The number of carbonyl (C=O) groups excluding carboxylic acids is 1. The molecule has 0 spiro atoms. The smallest absolute Gasteiger partial charge is 0.314 e. The van der Waals surface area contributed by atoms with Gasteiger partial charge in [-0.2, -0.15) is 0 Å². The van der Waals surface area contributed by atoms with Crippen LogP contribution in [0.15, 0.2) is 0 Å². The molecule has 2 N–H and O–H groups in total. The Kier molecular flexibility index (Phi) is 10.7. The van der Waals surface area contributed by atoms with E-state index in [2.05, 4.69) is 4.89 Å². The summed E-state index contributed by atoms with van der Waals surface area (Å²) in [6.07, 6.45) is 6.56. The van der Waals surface area contributed by atoms with Crippen LogP contribution in [0.1, 0.15) is 77.0 Å². The summed E-state index contributed by atoms with van der Waals surface area (Å²) in [5.74, 6) is -5.08. The van der Waals surface area contributed by atoms with Gasteiger partial charge in [-0.1, -0.05) is 12.8 Å². The van der Waals surface area contributed by atoms with Gasteiger partial charge in [0, 0.05) is 28.6 Å². The maximum absolute atomic E-state index is 13.2. The van der Waals surface area contributed by atoms with Gasteiger partial charge in [0.1, 0.15) is 12.0 Å². The number of nitrogens with zero attached hydrogens (tertiary/aromatic N) is 2. The minimum absolute atomic E-state index is 0.00214. The van der Waals surface area contributed by atoms with Gasteiger partial charge in [-0.3, -0.25) is 35.1 Å². The van der Waals surface area contributed by atoms with E-state index in [0.29, 0.717) is 38.5 Å². The molecule has 4 saturated carbocycles. The topological polar surface area (TPSA) is 198 Å². The van der Waals surface area contributed by atoms with Crippen LogP contribution in [0.25, 0.3) is 0 Å². The van der Waals surface area contributed by atoms with Crippen LogP contribution in [0.2, 0.25) is 0 Å². The number of hydrogen-bond acceptors (Lipinski definition) is 11. The van der Waals surface area contributed by atoms with E-state index in [1.807, 2.05) is 0 Å². The number of carboxylic acids is 1. The predicted octanol–water partition coefficient (Wildman–Crippen LogP) is 3.51. The number of fused-ring (bicyclic) bond motifs is 1. The van der Waals surface area contributed by atoms with Gasteiger partial charge < -0.3 is 9.84 Å². The van der Waals surface area contributed by atoms with Gasteiger partial charge in [-0.25, -0.2) is 14.7 Å². The molecule has 4 aliphatic carbocycles. The highest BCUT2D eigenvalue weighted by Crippen LogP contribution is 2.44. The summed E-state index contributed by atoms with van der Waals surface area (Å²) in [6, 6.07) is -2.12. The van der Waals surface area contributed by atoms with Crippen molar-refractivity contribution < 1.29 is 49.2 Å². The summed E-state index contributed by atoms with van der Waals surface area (Å²) < 4.78 is 5.91. The van der Waals surface area contributed by atoms with Crippen molar-refractivity contribution in [3.05, 3.63) is 20.2 Å². The predicted molar refractivity (Wildman–Crippen MR) is 135 cm³/mol. The van der Waals surface area contributed by atoms with E-state index in [4.69, 9.17) is 19.8 Å². The third kappa shape index (κ3) is 6.89. The summed E-state index contributed by atoms with van der Waals surface area (Å²) in [7, 11) is 0. The summed E-state index contributed by atoms with van der Waals surface area (Å²) in [5.41, 5.74) is 0. The number of hydrogen-bond donors (Lipinski definition) is 2. The highest BCUT2D eigenvalue weighted by Gasteiger charge is 2.51. The molecule has 0 aromatic heterocycles. The van der Waals surface area contributed by atoms with E-state index >= 15 is 0 Å². The lowest BCUT2D eigenvalue weighted by atomic mass is 9.68. The standard InChI is InChI=1S/C26H40N2O12/c29-25(30)24-18(8-4-10-21(24)28(34)35)26(31)39-22-11-12-23(17-7-2-1-6-16(17)22)40-38-13-15-5-3-9-20(27(32)33)19(15)14-37-36/h15-24,36H,1-14H2,(H,29,30). The molecule has 0 aromatic carbocycles. The molecule has 14 nitrogen and oxygen atoms in total. The summed E-state index contributed by atoms with van der Waals surface area (Å²) >= 11 is 0. The number of aliphatic carboxylic acids is 1. The third-order valence-corrected chi connectivity index (χ3v) is 9.74. The van der Waals surface area contributed by atoms with Crippen LogP contribution in [-0.4, -0.2) is 69.7 Å². The molecule has 0 radical (unpaired) electrons. The van der Waals surface area contributed by atoms with E-state index in [0.717, 1.165) is 25.7 Å². The second-order valence-corrected chi connectivity index (χ2v) is 11.8. The van der Waals surface area contributed by atoms with Gasteiger partial charge in [-0.15, -0.1) is 0 Å². The summed E-state index contributed by atoms with van der Waals surface area (Å²) in [4.78, 5) is 62.8. The van der Waals surface area contributed by atoms with Gasteiger partial charge in [0.15, 0.2) is 0 Å².